The molecular formula is C28H29ClN4O4S. The summed E-state index contributed by atoms with van der Waals surface area (Å²) in [6.45, 7) is 4.98. The minimum absolute atomic E-state index is 0.0442. The van der Waals surface area contributed by atoms with Crippen molar-refractivity contribution in [1.82, 2.24) is 19.3 Å². The highest BCUT2D eigenvalue weighted by atomic mass is 35.5. The van der Waals surface area contributed by atoms with Crippen LogP contribution in [0.2, 0.25) is 5.02 Å². The molecule has 38 heavy (non-hydrogen) atoms. The maximum Gasteiger partial charge on any atom is 0.283 e. The molecule has 2 heterocycles. The van der Waals surface area contributed by atoms with E-state index in [-0.39, 0.29) is 5.69 Å². The Hall–Kier alpha value is -3.69. The molecule has 0 aliphatic carbocycles. The lowest BCUT2D eigenvalue weighted by Crippen LogP contribution is -2.29. The minimum atomic E-state index is -4.03. The molecule has 2 aromatic heterocycles. The van der Waals surface area contributed by atoms with Crippen molar-refractivity contribution in [3.05, 3.63) is 93.7 Å². The summed E-state index contributed by atoms with van der Waals surface area (Å²) in [5, 5.41) is 1.50. The fourth-order valence-electron chi connectivity index (χ4n) is 3.84. The molecule has 2 aromatic carbocycles. The number of hydrogen-bond donors (Lipinski definition) is 1. The van der Waals surface area contributed by atoms with Gasteiger partial charge < -0.3 is 9.30 Å². The summed E-state index contributed by atoms with van der Waals surface area (Å²) in [6.07, 6.45) is 4.64. The number of hydrogen-bond acceptors (Lipinski definition) is 6. The number of carbonyl (C=O) groups is 1. The fraction of sp³-hybridized carbons (Fsp3) is 0.250. The number of unbranched alkanes of at least 4 members (excludes halogenated alkanes) is 2. The largest absolute Gasteiger partial charge is 0.494 e. The van der Waals surface area contributed by atoms with Gasteiger partial charge in [0, 0.05) is 5.02 Å². The van der Waals surface area contributed by atoms with Gasteiger partial charge in [-0.2, -0.15) is 0 Å². The third-order valence-electron chi connectivity index (χ3n) is 5.86. The van der Waals surface area contributed by atoms with E-state index in [0.29, 0.717) is 46.5 Å². The highest BCUT2D eigenvalue weighted by molar-refractivity contribution is 7.93. The predicted molar refractivity (Wildman–Crippen MR) is 150 cm³/mol. The van der Waals surface area contributed by atoms with Gasteiger partial charge in [0.25, 0.3) is 15.9 Å². The van der Waals surface area contributed by atoms with Crippen molar-refractivity contribution < 1.29 is 17.9 Å². The zero-order valence-corrected chi connectivity index (χ0v) is 22.8. The molecule has 0 saturated heterocycles. The van der Waals surface area contributed by atoms with Crippen molar-refractivity contribution in [3.8, 4) is 5.75 Å². The lowest BCUT2D eigenvalue weighted by Gasteiger charge is -2.11. The van der Waals surface area contributed by atoms with Crippen LogP contribution in [-0.2, 0) is 16.6 Å². The monoisotopic (exact) mass is 552 g/mol. The SMILES string of the molecule is CCCCCOc1ccc(Cn2c(C)nc3ccc(C(=O)NS(=O)(=O)/C=C/c4ccccc4)nc32)c(Cl)c1. The average molecular weight is 553 g/mol. The number of imidazole rings is 1. The van der Waals surface area contributed by atoms with Crippen molar-refractivity contribution in [1.29, 1.82) is 0 Å². The minimum Gasteiger partial charge on any atom is -0.494 e. The number of pyridine rings is 1. The molecular weight excluding hydrogens is 524 g/mol. The third-order valence-corrected chi connectivity index (χ3v) is 7.18. The second-order valence-electron chi connectivity index (χ2n) is 8.78. The van der Waals surface area contributed by atoms with Crippen LogP contribution in [0.4, 0.5) is 0 Å². The molecule has 0 fully saturated rings. The number of aryl methyl sites for hydroxylation is 1. The van der Waals surface area contributed by atoms with Gasteiger partial charge in [0.05, 0.1) is 18.6 Å². The average Bonchev–Trinajstić information content (AvgIpc) is 3.21. The smallest absolute Gasteiger partial charge is 0.283 e. The molecule has 0 unspecified atom stereocenters. The number of ether oxygens (including phenoxy) is 1. The van der Waals surface area contributed by atoms with Crippen LogP contribution in [0, 0.1) is 6.92 Å². The fourth-order valence-corrected chi connectivity index (χ4v) is 4.83. The molecule has 4 rings (SSSR count). The first-order chi connectivity index (χ1) is 18.3. The van der Waals surface area contributed by atoms with Crippen LogP contribution in [0.1, 0.15) is 53.6 Å². The van der Waals surface area contributed by atoms with E-state index in [1.165, 1.54) is 12.1 Å². The van der Waals surface area contributed by atoms with E-state index in [0.717, 1.165) is 30.2 Å². The molecule has 1 amide bonds. The number of amides is 1. The van der Waals surface area contributed by atoms with Crippen molar-refractivity contribution in [2.24, 2.45) is 0 Å². The van der Waals surface area contributed by atoms with Crippen molar-refractivity contribution in [2.75, 3.05) is 6.61 Å². The number of fused-ring (bicyclic) bond motifs is 1. The number of nitrogens with zero attached hydrogens (tertiary/aromatic N) is 3. The third kappa shape index (κ3) is 6.99. The summed E-state index contributed by atoms with van der Waals surface area (Å²) in [5.74, 6) is 0.554. The van der Waals surface area contributed by atoms with Gasteiger partial charge in [-0.15, -0.1) is 0 Å². The van der Waals surface area contributed by atoms with E-state index in [2.05, 4.69) is 16.9 Å². The van der Waals surface area contributed by atoms with E-state index in [4.69, 9.17) is 16.3 Å². The van der Waals surface area contributed by atoms with Crippen LogP contribution < -0.4 is 9.46 Å². The second-order valence-corrected chi connectivity index (χ2v) is 10.8. The summed E-state index contributed by atoms with van der Waals surface area (Å²) in [4.78, 5) is 21.7. The van der Waals surface area contributed by atoms with E-state index in [9.17, 15) is 13.2 Å². The summed E-state index contributed by atoms with van der Waals surface area (Å²) in [5.41, 5.74) is 2.51. The molecule has 0 saturated carbocycles. The molecule has 0 radical (unpaired) electrons. The van der Waals surface area contributed by atoms with Gasteiger partial charge in [-0.3, -0.25) is 4.79 Å². The second kappa shape index (κ2) is 12.2. The molecule has 8 nitrogen and oxygen atoms in total. The van der Waals surface area contributed by atoms with Crippen molar-refractivity contribution in [3.63, 3.8) is 0 Å². The number of carbonyl (C=O) groups excluding carboxylic acids is 1. The van der Waals surface area contributed by atoms with Gasteiger partial charge in [-0.25, -0.2) is 23.1 Å². The first-order valence-corrected chi connectivity index (χ1v) is 14.2. The van der Waals surface area contributed by atoms with E-state index < -0.39 is 15.9 Å². The van der Waals surface area contributed by atoms with Crippen LogP contribution in [0.25, 0.3) is 17.2 Å². The number of aromatic nitrogens is 3. The van der Waals surface area contributed by atoms with Crippen LogP contribution in [0.15, 0.2) is 66.1 Å². The van der Waals surface area contributed by atoms with E-state index >= 15 is 0 Å². The maximum atomic E-state index is 12.8. The molecule has 0 spiro atoms. The van der Waals surface area contributed by atoms with Gasteiger partial charge in [0.2, 0.25) is 0 Å². The summed E-state index contributed by atoms with van der Waals surface area (Å²) in [7, 11) is -4.03. The predicted octanol–water partition coefficient (Wildman–Crippen LogP) is 5.74. The molecule has 1 N–H and O–H groups in total. The normalized spacial score (nSPS) is 11.8. The Morgan fingerprint density at radius 1 is 1.08 bits per heavy atom. The van der Waals surface area contributed by atoms with Crippen LogP contribution in [-0.4, -0.2) is 35.5 Å². The summed E-state index contributed by atoms with van der Waals surface area (Å²) < 4.78 is 34.5. The molecule has 0 aliphatic rings. The molecule has 0 atom stereocenters. The Morgan fingerprint density at radius 3 is 2.61 bits per heavy atom. The van der Waals surface area contributed by atoms with Gasteiger partial charge >= 0.3 is 0 Å². The zero-order valence-electron chi connectivity index (χ0n) is 21.2. The van der Waals surface area contributed by atoms with Gasteiger partial charge in [-0.05, 0) is 54.8 Å². The Kier molecular flexibility index (Phi) is 8.81. The quantitative estimate of drug-likeness (QED) is 0.238. The Morgan fingerprint density at radius 2 is 1.87 bits per heavy atom. The van der Waals surface area contributed by atoms with Crippen LogP contribution in [0.3, 0.4) is 0 Å². The molecule has 4 aromatic rings. The topological polar surface area (TPSA) is 103 Å². The van der Waals surface area contributed by atoms with Gasteiger partial charge in [0.1, 0.15) is 22.8 Å². The molecule has 0 bridgehead atoms. The number of nitrogens with one attached hydrogen (secondary N) is 1. The molecule has 0 aliphatic heterocycles. The Balaban J connectivity index is 1.51. The lowest BCUT2D eigenvalue weighted by atomic mass is 10.2. The summed E-state index contributed by atoms with van der Waals surface area (Å²) >= 11 is 6.55. The highest BCUT2D eigenvalue weighted by Crippen LogP contribution is 2.25. The van der Waals surface area contributed by atoms with E-state index in [1.54, 1.807) is 36.4 Å². The van der Waals surface area contributed by atoms with Gasteiger partial charge in [-0.1, -0.05) is 67.8 Å². The molecule has 10 heteroatoms. The number of sulfonamides is 1. The van der Waals surface area contributed by atoms with Crippen LogP contribution >= 0.6 is 11.6 Å². The van der Waals surface area contributed by atoms with E-state index in [1.807, 2.05) is 34.4 Å². The van der Waals surface area contributed by atoms with Crippen LogP contribution in [0.5, 0.6) is 5.75 Å². The zero-order chi connectivity index (χ0) is 27.1. The first-order valence-electron chi connectivity index (χ1n) is 12.3. The maximum absolute atomic E-state index is 12.8. The lowest BCUT2D eigenvalue weighted by molar-refractivity contribution is 0.0977. The number of halogens is 1. The highest BCUT2D eigenvalue weighted by Gasteiger charge is 2.18. The van der Waals surface area contributed by atoms with Crippen molar-refractivity contribution in [2.45, 2.75) is 39.7 Å². The summed E-state index contributed by atoms with van der Waals surface area (Å²) in [6, 6.07) is 17.6. The Labute approximate surface area is 227 Å². The number of benzene rings is 2. The first kappa shape index (κ1) is 27.3. The Bertz CT molecular complexity index is 1570. The van der Waals surface area contributed by atoms with Gasteiger partial charge in [0.15, 0.2) is 5.65 Å². The standard InChI is InChI=1S/C28H29ClN4O4S/c1-3-4-8-16-37-23-12-11-22(24(29)18-23)19-33-20(2)30-25-13-14-26(31-27(25)33)28(34)32-38(35,36)17-15-21-9-6-5-7-10-21/h5-7,9-15,17-18H,3-4,8,16,19H2,1-2H3,(H,32,34)/b17-15+. The molecule has 198 valence electrons. The van der Waals surface area contributed by atoms with Crippen molar-refractivity contribution >= 4 is 44.8 Å². The number of rotatable bonds is 11.